The molecule has 1 aliphatic rings. The highest BCUT2D eigenvalue weighted by atomic mass is 35.5. The number of benzene rings is 1. The van der Waals surface area contributed by atoms with E-state index in [1.807, 2.05) is 12.1 Å². The lowest BCUT2D eigenvalue weighted by Crippen LogP contribution is -2.48. The van der Waals surface area contributed by atoms with Gasteiger partial charge < -0.3 is 10.2 Å². The van der Waals surface area contributed by atoms with E-state index in [0.717, 1.165) is 5.56 Å². The second kappa shape index (κ2) is 7.73. The molecule has 1 unspecified atom stereocenters. The Hall–Kier alpha value is -1.69. The molecule has 0 bridgehead atoms. The minimum Gasteiger partial charge on any atom is -0.329 e. The van der Waals surface area contributed by atoms with Crippen molar-refractivity contribution in [3.8, 4) is 0 Å². The van der Waals surface area contributed by atoms with E-state index in [1.165, 1.54) is 12.1 Å². The van der Waals surface area contributed by atoms with Crippen LogP contribution < -0.4 is 5.32 Å². The van der Waals surface area contributed by atoms with Crippen LogP contribution in [0, 0.1) is 5.82 Å². The van der Waals surface area contributed by atoms with Gasteiger partial charge in [-0.1, -0.05) is 23.7 Å². The first-order chi connectivity index (χ1) is 10.7. The van der Waals surface area contributed by atoms with Crippen molar-refractivity contribution in [3.05, 3.63) is 64.7 Å². The first kappa shape index (κ1) is 17.7. The van der Waals surface area contributed by atoms with Crippen molar-refractivity contribution in [1.29, 1.82) is 0 Å². The van der Waals surface area contributed by atoms with Crippen molar-refractivity contribution < 1.29 is 9.18 Å². The summed E-state index contributed by atoms with van der Waals surface area (Å²) in [6.07, 6.45) is 3.43. The normalized spacial score (nSPS) is 17.5. The zero-order chi connectivity index (χ0) is 15.5. The van der Waals surface area contributed by atoms with Crippen LogP contribution in [0.2, 0.25) is 5.02 Å². The predicted molar refractivity (Wildman–Crippen MR) is 89.5 cm³/mol. The van der Waals surface area contributed by atoms with Crippen LogP contribution >= 0.6 is 24.0 Å². The highest BCUT2D eigenvalue weighted by Crippen LogP contribution is 2.27. The number of rotatable bonds is 2. The number of pyridine rings is 1. The molecule has 4 nitrogen and oxygen atoms in total. The minimum atomic E-state index is -0.583. The highest BCUT2D eigenvalue weighted by Gasteiger charge is 2.30. The van der Waals surface area contributed by atoms with Gasteiger partial charge in [-0.25, -0.2) is 4.39 Å². The third kappa shape index (κ3) is 3.63. The van der Waals surface area contributed by atoms with Crippen molar-refractivity contribution in [2.24, 2.45) is 0 Å². The van der Waals surface area contributed by atoms with Gasteiger partial charge in [0.25, 0.3) is 5.91 Å². The number of piperazine rings is 1. The summed E-state index contributed by atoms with van der Waals surface area (Å²) in [4.78, 5) is 18.6. The molecule has 7 heteroatoms. The molecule has 0 aliphatic carbocycles. The quantitative estimate of drug-likeness (QED) is 0.900. The molecule has 122 valence electrons. The predicted octanol–water partition coefficient (Wildman–Crippen LogP) is 3.08. The largest absolute Gasteiger partial charge is 0.329 e. The molecule has 1 N–H and O–H groups in total. The summed E-state index contributed by atoms with van der Waals surface area (Å²) in [7, 11) is 0. The number of amides is 1. The first-order valence-electron chi connectivity index (χ1n) is 7.04. The SMILES string of the molecule is Cl.O=C(c1cccc(F)c1Cl)N1CCNCC1c1cccnc1. The Morgan fingerprint density at radius 3 is 2.91 bits per heavy atom. The molecule has 2 heterocycles. The van der Waals surface area contributed by atoms with Crippen LogP contribution in [-0.2, 0) is 0 Å². The molecule has 1 amide bonds. The molecule has 1 aromatic heterocycles. The molecular formula is C16H16Cl2FN3O. The summed E-state index contributed by atoms with van der Waals surface area (Å²) in [5.74, 6) is -0.847. The van der Waals surface area contributed by atoms with Gasteiger partial charge in [0.15, 0.2) is 0 Å². The van der Waals surface area contributed by atoms with Gasteiger partial charge in [0.05, 0.1) is 16.6 Å². The number of nitrogens with one attached hydrogen (secondary N) is 1. The molecule has 1 saturated heterocycles. The van der Waals surface area contributed by atoms with E-state index in [0.29, 0.717) is 19.6 Å². The molecule has 1 aromatic carbocycles. The zero-order valence-corrected chi connectivity index (χ0v) is 13.8. The fraction of sp³-hybridized carbons (Fsp3) is 0.250. The molecule has 0 spiro atoms. The number of aromatic nitrogens is 1. The number of nitrogens with zero attached hydrogens (tertiary/aromatic N) is 2. The number of hydrogen-bond acceptors (Lipinski definition) is 3. The Kier molecular flexibility index (Phi) is 5.93. The van der Waals surface area contributed by atoms with Crippen molar-refractivity contribution >= 4 is 29.9 Å². The smallest absolute Gasteiger partial charge is 0.256 e. The lowest BCUT2D eigenvalue weighted by atomic mass is 10.0. The molecule has 1 fully saturated rings. The fourth-order valence-corrected chi connectivity index (χ4v) is 2.85. The maximum absolute atomic E-state index is 13.6. The summed E-state index contributed by atoms with van der Waals surface area (Å²) in [5, 5.41) is 3.14. The van der Waals surface area contributed by atoms with E-state index in [1.54, 1.807) is 23.4 Å². The Labute approximate surface area is 145 Å². The second-order valence-electron chi connectivity index (χ2n) is 5.11. The summed E-state index contributed by atoms with van der Waals surface area (Å²) in [6.45, 7) is 1.85. The molecule has 1 atom stereocenters. The third-order valence-corrected chi connectivity index (χ3v) is 4.14. The lowest BCUT2D eigenvalue weighted by Gasteiger charge is -2.36. The lowest BCUT2D eigenvalue weighted by molar-refractivity contribution is 0.0633. The average molecular weight is 356 g/mol. The van der Waals surface area contributed by atoms with Gasteiger partial charge in [0, 0.05) is 32.0 Å². The fourth-order valence-electron chi connectivity index (χ4n) is 2.64. The number of hydrogen-bond donors (Lipinski definition) is 1. The van der Waals surface area contributed by atoms with Gasteiger partial charge in [-0.2, -0.15) is 0 Å². The minimum absolute atomic E-state index is 0. The Morgan fingerprint density at radius 1 is 1.35 bits per heavy atom. The van der Waals surface area contributed by atoms with Gasteiger partial charge in [-0.15, -0.1) is 12.4 Å². The van der Waals surface area contributed by atoms with E-state index >= 15 is 0 Å². The third-order valence-electron chi connectivity index (χ3n) is 3.76. The monoisotopic (exact) mass is 355 g/mol. The Morgan fingerprint density at radius 2 is 2.17 bits per heavy atom. The number of carbonyl (C=O) groups excluding carboxylic acids is 1. The van der Waals surface area contributed by atoms with Gasteiger partial charge in [-0.3, -0.25) is 9.78 Å². The Bertz CT molecular complexity index is 684. The van der Waals surface area contributed by atoms with E-state index in [4.69, 9.17) is 11.6 Å². The van der Waals surface area contributed by atoms with Crippen LogP contribution in [0.4, 0.5) is 4.39 Å². The van der Waals surface area contributed by atoms with Crippen LogP contribution in [-0.4, -0.2) is 35.4 Å². The summed E-state index contributed by atoms with van der Waals surface area (Å²) < 4.78 is 13.6. The maximum Gasteiger partial charge on any atom is 0.256 e. The van der Waals surface area contributed by atoms with Gasteiger partial charge >= 0.3 is 0 Å². The van der Waals surface area contributed by atoms with Crippen molar-refractivity contribution in [2.45, 2.75) is 6.04 Å². The van der Waals surface area contributed by atoms with Crippen LogP contribution in [0.25, 0.3) is 0 Å². The molecule has 2 aromatic rings. The van der Waals surface area contributed by atoms with Crippen LogP contribution in [0.15, 0.2) is 42.7 Å². The standard InChI is InChI=1S/C16H15ClFN3O.ClH/c17-15-12(4-1-5-13(15)18)16(22)21-8-7-20-10-14(21)11-3-2-6-19-9-11;/h1-6,9,14,20H,7-8,10H2;1H. The maximum atomic E-state index is 13.6. The molecule has 23 heavy (non-hydrogen) atoms. The molecular weight excluding hydrogens is 340 g/mol. The van der Waals surface area contributed by atoms with Crippen LogP contribution in [0.1, 0.15) is 22.0 Å². The average Bonchev–Trinajstić information content (AvgIpc) is 2.57. The highest BCUT2D eigenvalue weighted by molar-refractivity contribution is 6.34. The van der Waals surface area contributed by atoms with Crippen molar-refractivity contribution in [2.75, 3.05) is 19.6 Å². The first-order valence-corrected chi connectivity index (χ1v) is 7.42. The Balaban J connectivity index is 0.00000192. The second-order valence-corrected chi connectivity index (χ2v) is 5.48. The van der Waals surface area contributed by atoms with Crippen molar-refractivity contribution in [3.63, 3.8) is 0 Å². The van der Waals surface area contributed by atoms with Crippen molar-refractivity contribution in [1.82, 2.24) is 15.2 Å². The van der Waals surface area contributed by atoms with Crippen LogP contribution in [0.3, 0.4) is 0 Å². The molecule has 1 aliphatic heterocycles. The summed E-state index contributed by atoms with van der Waals surface area (Å²) in [5.41, 5.74) is 1.13. The molecule has 0 radical (unpaired) electrons. The summed E-state index contributed by atoms with van der Waals surface area (Å²) in [6, 6.07) is 7.91. The van der Waals surface area contributed by atoms with E-state index < -0.39 is 5.82 Å². The van der Waals surface area contributed by atoms with Gasteiger partial charge in [0.1, 0.15) is 5.82 Å². The zero-order valence-electron chi connectivity index (χ0n) is 12.2. The van der Waals surface area contributed by atoms with Crippen LogP contribution in [0.5, 0.6) is 0 Å². The van der Waals surface area contributed by atoms with Gasteiger partial charge in [-0.05, 0) is 23.8 Å². The van der Waals surface area contributed by atoms with E-state index in [9.17, 15) is 9.18 Å². The number of halogens is 3. The topological polar surface area (TPSA) is 45.2 Å². The van der Waals surface area contributed by atoms with E-state index in [-0.39, 0.29) is 34.9 Å². The number of carbonyl (C=O) groups is 1. The van der Waals surface area contributed by atoms with Gasteiger partial charge in [0.2, 0.25) is 0 Å². The van der Waals surface area contributed by atoms with E-state index in [2.05, 4.69) is 10.3 Å². The molecule has 0 saturated carbocycles. The summed E-state index contributed by atoms with van der Waals surface area (Å²) >= 11 is 5.95. The molecule has 3 rings (SSSR count).